The van der Waals surface area contributed by atoms with Crippen molar-refractivity contribution < 1.29 is 14.3 Å². The average Bonchev–Trinajstić information content (AvgIpc) is 3.21. The molecular formula is C20H21N5O3. The van der Waals surface area contributed by atoms with Gasteiger partial charge in [0.15, 0.2) is 17.6 Å². The minimum atomic E-state index is -0.220. The predicted octanol–water partition coefficient (Wildman–Crippen LogP) is 2.03. The highest BCUT2D eigenvalue weighted by Gasteiger charge is 2.25. The molecule has 0 saturated carbocycles. The number of likely N-dealkylation sites (N-methyl/N-ethyl adjacent to an activating group) is 1. The van der Waals surface area contributed by atoms with Crippen LogP contribution in [-0.4, -0.2) is 56.8 Å². The van der Waals surface area contributed by atoms with Gasteiger partial charge in [0.25, 0.3) is 0 Å². The van der Waals surface area contributed by atoms with Crippen LogP contribution in [0.3, 0.4) is 0 Å². The normalized spacial score (nSPS) is 15.2. The Morgan fingerprint density at radius 1 is 1.14 bits per heavy atom. The first kappa shape index (κ1) is 18.0. The summed E-state index contributed by atoms with van der Waals surface area (Å²) in [6.07, 6.45) is -0.220. The number of fused-ring (bicyclic) bond motifs is 1. The molecule has 8 nitrogen and oxygen atoms in total. The van der Waals surface area contributed by atoms with Crippen LogP contribution >= 0.6 is 0 Å². The van der Waals surface area contributed by atoms with Gasteiger partial charge in [0, 0.05) is 12.1 Å². The maximum Gasteiger partial charge on any atom is 0.246 e. The van der Waals surface area contributed by atoms with E-state index in [1.54, 1.807) is 4.90 Å². The molecule has 4 rings (SSSR count). The Hall–Kier alpha value is -3.42. The largest absolute Gasteiger partial charge is 0.486 e. The Kier molecular flexibility index (Phi) is 5.18. The van der Waals surface area contributed by atoms with Gasteiger partial charge in [-0.3, -0.25) is 4.79 Å². The third kappa shape index (κ3) is 3.95. The van der Waals surface area contributed by atoms with Gasteiger partial charge in [-0.1, -0.05) is 42.5 Å². The van der Waals surface area contributed by atoms with E-state index in [0.717, 1.165) is 11.3 Å². The van der Waals surface area contributed by atoms with E-state index in [4.69, 9.17) is 9.47 Å². The molecule has 144 valence electrons. The van der Waals surface area contributed by atoms with E-state index < -0.39 is 0 Å². The Bertz CT molecular complexity index is 944. The molecule has 2 heterocycles. The molecule has 1 atom stereocenters. The highest BCUT2D eigenvalue weighted by Crippen LogP contribution is 2.31. The van der Waals surface area contributed by atoms with Gasteiger partial charge in [-0.2, -0.15) is 4.80 Å². The molecule has 1 aliphatic heterocycles. The third-order valence-corrected chi connectivity index (χ3v) is 4.49. The second-order valence-corrected chi connectivity index (χ2v) is 6.44. The van der Waals surface area contributed by atoms with Gasteiger partial charge in [-0.15, -0.1) is 10.2 Å². The molecule has 28 heavy (non-hydrogen) atoms. The van der Waals surface area contributed by atoms with Crippen molar-refractivity contribution in [1.82, 2.24) is 25.1 Å². The molecule has 0 radical (unpaired) electrons. The number of benzene rings is 2. The van der Waals surface area contributed by atoms with Crippen LogP contribution in [0, 0.1) is 0 Å². The summed E-state index contributed by atoms with van der Waals surface area (Å²) in [5, 5.41) is 12.3. The van der Waals surface area contributed by atoms with Crippen LogP contribution < -0.4 is 9.47 Å². The maximum absolute atomic E-state index is 12.7. The summed E-state index contributed by atoms with van der Waals surface area (Å²) in [5.74, 6) is 1.83. The maximum atomic E-state index is 12.7. The number of carbonyl (C=O) groups excluding carboxylic acids is 1. The highest BCUT2D eigenvalue weighted by atomic mass is 16.6. The zero-order valence-corrected chi connectivity index (χ0v) is 15.6. The average molecular weight is 379 g/mol. The first-order valence-corrected chi connectivity index (χ1v) is 9.22. The summed E-state index contributed by atoms with van der Waals surface area (Å²) < 4.78 is 11.7. The number of ether oxygens (including phenoxy) is 2. The fraction of sp³-hybridized carbons (Fsp3) is 0.300. The zero-order valence-electron chi connectivity index (χ0n) is 15.6. The molecule has 0 saturated heterocycles. The van der Waals surface area contributed by atoms with Gasteiger partial charge in [0.2, 0.25) is 11.7 Å². The number of rotatable bonds is 6. The molecule has 3 aromatic rings. The van der Waals surface area contributed by atoms with Crippen LogP contribution in [0.15, 0.2) is 54.6 Å². The van der Waals surface area contributed by atoms with E-state index in [1.165, 1.54) is 4.80 Å². The zero-order chi connectivity index (χ0) is 19.3. The fourth-order valence-electron chi connectivity index (χ4n) is 3.04. The highest BCUT2D eigenvalue weighted by molar-refractivity contribution is 5.75. The van der Waals surface area contributed by atoms with Crippen LogP contribution in [0.5, 0.6) is 11.5 Å². The van der Waals surface area contributed by atoms with Gasteiger partial charge >= 0.3 is 0 Å². The number of carbonyl (C=O) groups is 1. The monoisotopic (exact) mass is 379 g/mol. The van der Waals surface area contributed by atoms with Crippen molar-refractivity contribution in [2.75, 3.05) is 19.7 Å². The lowest BCUT2D eigenvalue weighted by atomic mass is 10.2. The molecule has 0 aliphatic carbocycles. The van der Waals surface area contributed by atoms with Crippen molar-refractivity contribution in [2.24, 2.45) is 0 Å². The smallest absolute Gasteiger partial charge is 0.246 e. The van der Waals surface area contributed by atoms with Crippen molar-refractivity contribution in [3.05, 3.63) is 54.6 Å². The van der Waals surface area contributed by atoms with Gasteiger partial charge < -0.3 is 14.4 Å². The summed E-state index contributed by atoms with van der Waals surface area (Å²) in [5.41, 5.74) is 0.861. The molecule has 0 N–H and O–H groups in total. The SMILES string of the molecule is CCN(C[C@@H]1COc2ccccc2O1)C(=O)Cn1nnc(-c2ccccc2)n1. The third-order valence-electron chi connectivity index (χ3n) is 4.49. The van der Waals surface area contributed by atoms with Crippen molar-refractivity contribution >= 4 is 5.91 Å². The minimum absolute atomic E-state index is 0.0256. The van der Waals surface area contributed by atoms with Crippen molar-refractivity contribution in [3.63, 3.8) is 0 Å². The Morgan fingerprint density at radius 2 is 1.89 bits per heavy atom. The first-order chi connectivity index (χ1) is 13.7. The second kappa shape index (κ2) is 8.08. The summed E-state index contributed by atoms with van der Waals surface area (Å²) >= 11 is 0. The summed E-state index contributed by atoms with van der Waals surface area (Å²) in [6.45, 7) is 3.35. The molecule has 1 amide bonds. The molecular weight excluding hydrogens is 358 g/mol. The lowest BCUT2D eigenvalue weighted by Gasteiger charge is -2.30. The molecule has 0 bridgehead atoms. The van der Waals surface area contributed by atoms with Crippen LogP contribution in [0.4, 0.5) is 0 Å². The van der Waals surface area contributed by atoms with E-state index in [-0.39, 0.29) is 18.6 Å². The molecule has 2 aromatic carbocycles. The quantitative estimate of drug-likeness (QED) is 0.652. The number of tetrazole rings is 1. The summed E-state index contributed by atoms with van der Waals surface area (Å²) in [6, 6.07) is 17.1. The molecule has 1 aliphatic rings. The van der Waals surface area contributed by atoms with E-state index in [1.807, 2.05) is 61.5 Å². The van der Waals surface area contributed by atoms with Gasteiger partial charge in [0.1, 0.15) is 13.2 Å². The Balaban J connectivity index is 1.38. The van der Waals surface area contributed by atoms with E-state index >= 15 is 0 Å². The van der Waals surface area contributed by atoms with Crippen molar-refractivity contribution in [3.8, 4) is 22.9 Å². The number of hydrogen-bond donors (Lipinski definition) is 0. The van der Waals surface area contributed by atoms with E-state index in [0.29, 0.717) is 31.3 Å². The predicted molar refractivity (Wildman–Crippen MR) is 102 cm³/mol. The standard InChI is InChI=1S/C20H21N5O3/c1-2-24(12-16-14-27-17-10-6-7-11-18(17)28-16)19(26)13-25-22-20(21-23-25)15-8-4-3-5-9-15/h3-11,16H,2,12-14H2,1H3/t16-/m1/s1. The number of amides is 1. The summed E-state index contributed by atoms with van der Waals surface area (Å²) in [7, 11) is 0. The molecule has 1 aromatic heterocycles. The van der Waals surface area contributed by atoms with Crippen molar-refractivity contribution in [2.45, 2.75) is 19.6 Å². The van der Waals surface area contributed by atoms with Crippen LogP contribution in [0.2, 0.25) is 0 Å². The Labute approximate surface area is 162 Å². The van der Waals surface area contributed by atoms with E-state index in [9.17, 15) is 4.79 Å². The lowest BCUT2D eigenvalue weighted by molar-refractivity contribution is -0.133. The number of nitrogens with zero attached hydrogens (tertiary/aromatic N) is 5. The molecule has 0 spiro atoms. The molecule has 8 heteroatoms. The first-order valence-electron chi connectivity index (χ1n) is 9.22. The van der Waals surface area contributed by atoms with Crippen LogP contribution in [0.1, 0.15) is 6.92 Å². The van der Waals surface area contributed by atoms with Gasteiger partial charge in [-0.05, 0) is 24.3 Å². The molecule has 0 fully saturated rings. The van der Waals surface area contributed by atoms with Crippen molar-refractivity contribution in [1.29, 1.82) is 0 Å². The second-order valence-electron chi connectivity index (χ2n) is 6.44. The Morgan fingerprint density at radius 3 is 2.68 bits per heavy atom. The number of para-hydroxylation sites is 2. The minimum Gasteiger partial charge on any atom is -0.486 e. The van der Waals surface area contributed by atoms with Gasteiger partial charge in [-0.25, -0.2) is 0 Å². The number of hydrogen-bond acceptors (Lipinski definition) is 6. The molecule has 0 unspecified atom stereocenters. The summed E-state index contributed by atoms with van der Waals surface area (Å²) in [4.78, 5) is 15.7. The lowest BCUT2D eigenvalue weighted by Crippen LogP contribution is -2.44. The van der Waals surface area contributed by atoms with E-state index in [2.05, 4.69) is 15.4 Å². The van der Waals surface area contributed by atoms with Gasteiger partial charge in [0.05, 0.1) is 6.54 Å². The van der Waals surface area contributed by atoms with Crippen LogP contribution in [0.25, 0.3) is 11.4 Å². The van der Waals surface area contributed by atoms with Crippen LogP contribution in [-0.2, 0) is 11.3 Å². The topological polar surface area (TPSA) is 82.4 Å². The fourth-order valence-corrected chi connectivity index (χ4v) is 3.04. The number of aromatic nitrogens is 4.